The molecule has 4 rings (SSSR count). The molecule has 1 aromatic heterocycles. The Morgan fingerprint density at radius 2 is 1.80 bits per heavy atom. The average Bonchev–Trinajstić information content (AvgIpc) is 3.29. The highest BCUT2D eigenvalue weighted by molar-refractivity contribution is 6.02. The Labute approximate surface area is 145 Å². The highest BCUT2D eigenvalue weighted by atomic mass is 16.2. The van der Waals surface area contributed by atoms with Gasteiger partial charge in [0, 0.05) is 23.1 Å². The van der Waals surface area contributed by atoms with E-state index in [-0.39, 0.29) is 11.8 Å². The van der Waals surface area contributed by atoms with Crippen LogP contribution in [0.4, 0.5) is 5.69 Å². The lowest BCUT2D eigenvalue weighted by atomic mass is 10.2. The maximum Gasteiger partial charge on any atom is 0.270 e. The van der Waals surface area contributed by atoms with E-state index in [2.05, 4.69) is 10.3 Å². The number of rotatable bonds is 3. The van der Waals surface area contributed by atoms with Gasteiger partial charge >= 0.3 is 0 Å². The van der Waals surface area contributed by atoms with Crippen molar-refractivity contribution in [3.05, 3.63) is 66.4 Å². The molecule has 1 aliphatic rings. The predicted octanol–water partition coefficient (Wildman–Crippen LogP) is 3.41. The summed E-state index contributed by atoms with van der Waals surface area (Å²) in [5, 5.41) is 3.90. The van der Waals surface area contributed by atoms with Crippen LogP contribution in [0.25, 0.3) is 10.9 Å². The molecular formula is C20H19N3O2. The Kier molecular flexibility index (Phi) is 3.98. The lowest BCUT2D eigenvalue weighted by Gasteiger charge is -2.23. The number of carbonyl (C=O) groups excluding carboxylic acids is 2. The van der Waals surface area contributed by atoms with E-state index in [0.29, 0.717) is 18.7 Å². The molecule has 0 radical (unpaired) electrons. The summed E-state index contributed by atoms with van der Waals surface area (Å²) in [7, 11) is 0. The van der Waals surface area contributed by atoms with Crippen LogP contribution in [0.2, 0.25) is 0 Å². The molecule has 3 aromatic rings. The monoisotopic (exact) mass is 333 g/mol. The van der Waals surface area contributed by atoms with Gasteiger partial charge in [0.2, 0.25) is 5.91 Å². The number of nitrogens with zero attached hydrogens (tertiary/aromatic N) is 1. The number of fused-ring (bicyclic) bond motifs is 1. The van der Waals surface area contributed by atoms with E-state index in [1.807, 2.05) is 60.7 Å². The van der Waals surface area contributed by atoms with Crippen LogP contribution in [-0.2, 0) is 4.79 Å². The Morgan fingerprint density at radius 1 is 1.04 bits per heavy atom. The van der Waals surface area contributed by atoms with E-state index in [1.54, 1.807) is 4.90 Å². The van der Waals surface area contributed by atoms with Gasteiger partial charge in [-0.1, -0.05) is 36.4 Å². The molecule has 0 bridgehead atoms. The van der Waals surface area contributed by atoms with Crippen molar-refractivity contribution < 1.29 is 9.59 Å². The molecule has 5 heteroatoms. The minimum atomic E-state index is -0.431. The van der Waals surface area contributed by atoms with E-state index >= 15 is 0 Å². The van der Waals surface area contributed by atoms with Crippen molar-refractivity contribution in [2.24, 2.45) is 0 Å². The van der Waals surface area contributed by atoms with E-state index in [4.69, 9.17) is 0 Å². The molecular weight excluding hydrogens is 314 g/mol. The first-order valence-corrected chi connectivity index (χ1v) is 8.47. The third-order valence-electron chi connectivity index (χ3n) is 4.62. The molecule has 126 valence electrons. The minimum Gasteiger partial charge on any atom is -0.351 e. The zero-order valence-corrected chi connectivity index (χ0v) is 13.7. The van der Waals surface area contributed by atoms with Gasteiger partial charge in [-0.05, 0) is 37.1 Å². The van der Waals surface area contributed by atoms with Gasteiger partial charge in [0.15, 0.2) is 0 Å². The number of amides is 2. The minimum absolute atomic E-state index is 0.123. The highest BCUT2D eigenvalue weighted by Crippen LogP contribution is 2.23. The molecule has 1 saturated heterocycles. The lowest BCUT2D eigenvalue weighted by Crippen LogP contribution is -2.43. The van der Waals surface area contributed by atoms with E-state index in [0.717, 1.165) is 23.0 Å². The zero-order valence-electron chi connectivity index (χ0n) is 13.7. The normalized spacial score (nSPS) is 17.0. The average molecular weight is 333 g/mol. The fourth-order valence-corrected chi connectivity index (χ4v) is 3.37. The fourth-order valence-electron chi connectivity index (χ4n) is 3.37. The van der Waals surface area contributed by atoms with Crippen molar-refractivity contribution >= 4 is 28.4 Å². The van der Waals surface area contributed by atoms with Gasteiger partial charge in [-0.25, -0.2) is 0 Å². The second-order valence-electron chi connectivity index (χ2n) is 6.28. The van der Waals surface area contributed by atoms with Crippen LogP contribution >= 0.6 is 0 Å². The van der Waals surface area contributed by atoms with Crippen molar-refractivity contribution in [1.29, 1.82) is 0 Å². The molecule has 1 fully saturated rings. The molecule has 0 spiro atoms. The number of likely N-dealkylation sites (tertiary alicyclic amines) is 1. The molecule has 2 amide bonds. The first-order valence-electron chi connectivity index (χ1n) is 8.47. The molecule has 1 atom stereocenters. The van der Waals surface area contributed by atoms with Crippen LogP contribution in [0.1, 0.15) is 23.3 Å². The van der Waals surface area contributed by atoms with Crippen molar-refractivity contribution in [1.82, 2.24) is 9.88 Å². The molecule has 1 aliphatic heterocycles. The summed E-state index contributed by atoms with van der Waals surface area (Å²) in [6.45, 7) is 0.598. The van der Waals surface area contributed by atoms with Gasteiger partial charge < -0.3 is 15.2 Å². The standard InChI is InChI=1S/C20H19N3O2/c24-19(21-15-8-2-1-3-9-15)18-11-6-12-23(18)20(25)17-13-14-7-4-5-10-16(14)22-17/h1-5,7-10,13,18,22H,6,11-12H2,(H,21,24)/t18-/m0/s1. The van der Waals surface area contributed by atoms with Crippen LogP contribution in [-0.4, -0.2) is 34.3 Å². The predicted molar refractivity (Wildman–Crippen MR) is 97.4 cm³/mol. The molecule has 0 saturated carbocycles. The van der Waals surface area contributed by atoms with Gasteiger partial charge in [0.05, 0.1) is 0 Å². The van der Waals surface area contributed by atoms with Crippen LogP contribution in [0.15, 0.2) is 60.7 Å². The Hall–Kier alpha value is -3.08. The van der Waals surface area contributed by atoms with Crippen molar-refractivity contribution in [2.45, 2.75) is 18.9 Å². The maximum atomic E-state index is 12.9. The van der Waals surface area contributed by atoms with E-state index in [1.165, 1.54) is 0 Å². The third kappa shape index (κ3) is 3.01. The maximum absolute atomic E-state index is 12.9. The third-order valence-corrected chi connectivity index (χ3v) is 4.62. The van der Waals surface area contributed by atoms with Crippen molar-refractivity contribution in [3.8, 4) is 0 Å². The smallest absolute Gasteiger partial charge is 0.270 e. The number of para-hydroxylation sites is 2. The Morgan fingerprint density at radius 3 is 2.60 bits per heavy atom. The number of H-pyrrole nitrogens is 1. The van der Waals surface area contributed by atoms with E-state index in [9.17, 15) is 9.59 Å². The summed E-state index contributed by atoms with van der Waals surface area (Å²) in [5.41, 5.74) is 2.20. The summed E-state index contributed by atoms with van der Waals surface area (Å²) in [6, 6.07) is 18.5. The molecule has 2 heterocycles. The topological polar surface area (TPSA) is 65.2 Å². The number of anilines is 1. The number of hydrogen-bond acceptors (Lipinski definition) is 2. The summed E-state index contributed by atoms with van der Waals surface area (Å²) in [5.74, 6) is -0.255. The summed E-state index contributed by atoms with van der Waals surface area (Å²) in [6.07, 6.45) is 1.52. The molecule has 2 aromatic carbocycles. The Balaban J connectivity index is 1.54. The Bertz CT molecular complexity index is 884. The lowest BCUT2D eigenvalue weighted by molar-refractivity contribution is -0.119. The largest absolute Gasteiger partial charge is 0.351 e. The zero-order chi connectivity index (χ0) is 17.2. The molecule has 2 N–H and O–H groups in total. The summed E-state index contributed by atoms with van der Waals surface area (Å²) < 4.78 is 0. The SMILES string of the molecule is O=C(Nc1ccccc1)[C@@H]1CCCN1C(=O)c1cc2ccccc2[nH]1. The van der Waals surface area contributed by atoms with Gasteiger partial charge in [-0.3, -0.25) is 9.59 Å². The van der Waals surface area contributed by atoms with Gasteiger partial charge in [-0.2, -0.15) is 0 Å². The van der Waals surface area contributed by atoms with Gasteiger partial charge in [0.1, 0.15) is 11.7 Å². The van der Waals surface area contributed by atoms with Crippen LogP contribution in [0, 0.1) is 0 Å². The first-order chi connectivity index (χ1) is 12.2. The van der Waals surface area contributed by atoms with Crippen LogP contribution in [0.5, 0.6) is 0 Å². The number of carbonyl (C=O) groups is 2. The first kappa shape index (κ1) is 15.4. The van der Waals surface area contributed by atoms with E-state index < -0.39 is 6.04 Å². The quantitative estimate of drug-likeness (QED) is 0.771. The second kappa shape index (κ2) is 6.43. The summed E-state index contributed by atoms with van der Waals surface area (Å²) >= 11 is 0. The van der Waals surface area contributed by atoms with Crippen molar-refractivity contribution in [2.75, 3.05) is 11.9 Å². The number of benzene rings is 2. The molecule has 0 unspecified atom stereocenters. The fraction of sp³-hybridized carbons (Fsp3) is 0.200. The highest BCUT2D eigenvalue weighted by Gasteiger charge is 2.35. The van der Waals surface area contributed by atoms with Crippen LogP contribution in [0.3, 0.4) is 0 Å². The van der Waals surface area contributed by atoms with Crippen LogP contribution < -0.4 is 5.32 Å². The number of nitrogens with one attached hydrogen (secondary N) is 2. The molecule has 25 heavy (non-hydrogen) atoms. The second-order valence-corrected chi connectivity index (χ2v) is 6.28. The van der Waals surface area contributed by atoms with Gasteiger partial charge in [-0.15, -0.1) is 0 Å². The molecule has 5 nitrogen and oxygen atoms in total. The molecule has 0 aliphatic carbocycles. The number of aromatic nitrogens is 1. The van der Waals surface area contributed by atoms with Gasteiger partial charge in [0.25, 0.3) is 5.91 Å². The number of hydrogen-bond donors (Lipinski definition) is 2. The summed E-state index contributed by atoms with van der Waals surface area (Å²) in [4.78, 5) is 30.3. The number of aromatic amines is 1. The van der Waals surface area contributed by atoms with Crippen molar-refractivity contribution in [3.63, 3.8) is 0 Å².